The maximum atomic E-state index is 13.3. The monoisotopic (exact) mass is 425 g/mol. The lowest BCUT2D eigenvalue weighted by molar-refractivity contribution is -0.142. The predicted molar refractivity (Wildman–Crippen MR) is 109 cm³/mol. The minimum Gasteiger partial charge on any atom is -0.396 e. The van der Waals surface area contributed by atoms with Crippen LogP contribution in [0.2, 0.25) is 0 Å². The van der Waals surface area contributed by atoms with E-state index in [1.165, 1.54) is 18.2 Å². The number of amides is 2. The van der Waals surface area contributed by atoms with Crippen LogP contribution in [0.25, 0.3) is 0 Å². The second-order valence-electron chi connectivity index (χ2n) is 8.66. The zero-order valence-corrected chi connectivity index (χ0v) is 16.9. The van der Waals surface area contributed by atoms with Gasteiger partial charge in [0.15, 0.2) is 0 Å². The van der Waals surface area contributed by atoms with E-state index in [0.29, 0.717) is 6.54 Å². The van der Waals surface area contributed by atoms with E-state index >= 15 is 0 Å². The minimum absolute atomic E-state index is 0.0855. The summed E-state index contributed by atoms with van der Waals surface area (Å²) < 4.78 is 14.8. The summed E-state index contributed by atoms with van der Waals surface area (Å²) in [5.41, 5.74) is 1.32. The molecule has 1 aromatic heterocycles. The van der Waals surface area contributed by atoms with Crippen molar-refractivity contribution >= 4 is 11.8 Å². The first-order chi connectivity index (χ1) is 15.0. The lowest BCUT2D eigenvalue weighted by atomic mass is 9.88. The van der Waals surface area contributed by atoms with Gasteiger partial charge in [-0.3, -0.25) is 14.4 Å². The van der Waals surface area contributed by atoms with Crippen molar-refractivity contribution in [3.05, 3.63) is 69.9 Å². The van der Waals surface area contributed by atoms with Crippen molar-refractivity contribution in [2.75, 3.05) is 6.61 Å². The van der Waals surface area contributed by atoms with Crippen LogP contribution in [0.1, 0.15) is 30.1 Å². The van der Waals surface area contributed by atoms with Crippen LogP contribution in [-0.2, 0) is 22.7 Å². The Kier molecular flexibility index (Phi) is 4.89. The number of benzene rings is 1. The average molecular weight is 425 g/mol. The number of nitrogens with one attached hydrogen (secondary N) is 1. The average Bonchev–Trinajstić information content (AvgIpc) is 3.47. The summed E-state index contributed by atoms with van der Waals surface area (Å²) in [5, 5.41) is 13.1. The zero-order valence-electron chi connectivity index (χ0n) is 16.9. The van der Waals surface area contributed by atoms with E-state index in [9.17, 15) is 23.9 Å². The largest absolute Gasteiger partial charge is 0.396 e. The molecule has 3 heterocycles. The summed E-state index contributed by atoms with van der Waals surface area (Å²) >= 11 is 0. The molecule has 7 nitrogen and oxygen atoms in total. The Bertz CT molecular complexity index is 1080. The predicted octanol–water partition coefficient (Wildman–Crippen LogP) is 1.20. The molecule has 2 amide bonds. The number of aromatic nitrogens is 1. The highest BCUT2D eigenvalue weighted by Gasteiger charge is 2.58. The molecule has 0 bridgehead atoms. The third-order valence-corrected chi connectivity index (χ3v) is 6.78. The third-order valence-electron chi connectivity index (χ3n) is 6.78. The molecule has 5 rings (SSSR count). The number of aliphatic hydroxyl groups is 1. The first kappa shape index (κ1) is 19.9. The van der Waals surface area contributed by atoms with Crippen molar-refractivity contribution in [1.29, 1.82) is 0 Å². The number of aliphatic hydroxyl groups excluding tert-OH is 1. The van der Waals surface area contributed by atoms with Gasteiger partial charge < -0.3 is 19.9 Å². The lowest BCUT2D eigenvalue weighted by Gasteiger charge is -2.31. The number of rotatable bonds is 5. The van der Waals surface area contributed by atoms with Crippen LogP contribution < -0.4 is 10.9 Å². The van der Waals surface area contributed by atoms with E-state index < -0.39 is 18.0 Å². The van der Waals surface area contributed by atoms with Gasteiger partial charge in [-0.25, -0.2) is 4.39 Å². The molecule has 3 aliphatic rings. The minimum atomic E-state index is -0.808. The van der Waals surface area contributed by atoms with Crippen LogP contribution in [0.4, 0.5) is 4.39 Å². The lowest BCUT2D eigenvalue weighted by Crippen LogP contribution is -2.50. The fourth-order valence-corrected chi connectivity index (χ4v) is 5.12. The van der Waals surface area contributed by atoms with Gasteiger partial charge >= 0.3 is 0 Å². The van der Waals surface area contributed by atoms with Crippen LogP contribution in [-0.4, -0.2) is 39.0 Å². The van der Waals surface area contributed by atoms with Gasteiger partial charge in [0, 0.05) is 49.2 Å². The molecule has 2 aliphatic heterocycles. The number of likely N-dealkylation sites (tertiary alicyclic amines) is 1. The Morgan fingerprint density at radius 1 is 1.13 bits per heavy atom. The van der Waals surface area contributed by atoms with Gasteiger partial charge in [0.25, 0.3) is 5.56 Å². The summed E-state index contributed by atoms with van der Waals surface area (Å²) in [4.78, 5) is 40.5. The number of halogens is 1. The van der Waals surface area contributed by atoms with Crippen LogP contribution >= 0.6 is 0 Å². The molecule has 162 valence electrons. The quantitative estimate of drug-likeness (QED) is 0.753. The molecule has 2 fully saturated rings. The van der Waals surface area contributed by atoms with Crippen LogP contribution in [0.5, 0.6) is 0 Å². The maximum Gasteiger partial charge on any atom is 0.250 e. The number of carbonyl (C=O) groups is 2. The number of carbonyl (C=O) groups excluding carboxylic acids is 2. The number of nitrogens with zero attached hydrogens (tertiary/aromatic N) is 2. The molecule has 0 radical (unpaired) electrons. The van der Waals surface area contributed by atoms with E-state index in [1.54, 1.807) is 27.7 Å². The maximum absolute atomic E-state index is 13.3. The Balaban J connectivity index is 1.46. The van der Waals surface area contributed by atoms with Gasteiger partial charge in [-0.1, -0.05) is 18.2 Å². The van der Waals surface area contributed by atoms with E-state index in [0.717, 1.165) is 24.1 Å². The molecule has 1 saturated heterocycles. The van der Waals surface area contributed by atoms with Gasteiger partial charge in [-0.2, -0.15) is 0 Å². The molecular weight excluding hydrogens is 401 g/mol. The Morgan fingerprint density at radius 2 is 1.87 bits per heavy atom. The van der Waals surface area contributed by atoms with Crippen molar-refractivity contribution in [1.82, 2.24) is 14.8 Å². The summed E-state index contributed by atoms with van der Waals surface area (Å²) in [6.45, 7) is 0.318. The summed E-state index contributed by atoms with van der Waals surface area (Å²) in [5.74, 6) is -1.55. The number of hydrogen-bond acceptors (Lipinski definition) is 4. The van der Waals surface area contributed by atoms with Crippen molar-refractivity contribution in [2.45, 2.75) is 38.0 Å². The highest BCUT2D eigenvalue weighted by atomic mass is 19.1. The normalized spacial score (nSPS) is 26.5. The van der Waals surface area contributed by atoms with Crippen molar-refractivity contribution in [3.63, 3.8) is 0 Å². The molecule has 1 aromatic carbocycles. The second kappa shape index (κ2) is 7.60. The van der Waals surface area contributed by atoms with Gasteiger partial charge in [0.1, 0.15) is 11.9 Å². The Hall–Kier alpha value is -3.00. The molecule has 0 spiro atoms. The number of pyridine rings is 1. The second-order valence-corrected chi connectivity index (χ2v) is 8.66. The van der Waals surface area contributed by atoms with Crippen molar-refractivity contribution in [3.8, 4) is 0 Å². The van der Waals surface area contributed by atoms with Crippen molar-refractivity contribution < 1.29 is 19.1 Å². The highest BCUT2D eigenvalue weighted by Crippen LogP contribution is 2.51. The Labute approximate surface area is 178 Å². The molecule has 4 atom stereocenters. The smallest absolute Gasteiger partial charge is 0.250 e. The van der Waals surface area contributed by atoms with E-state index in [2.05, 4.69) is 5.32 Å². The fourth-order valence-electron chi connectivity index (χ4n) is 5.12. The molecular formula is C23H24FN3O4. The standard InChI is InChI=1S/C23H24FN3O4/c24-15-8-4-13(5-9-15)10-25-22(30)21-17(12-28)16-11-26-18(2-1-3-19(26)29)20(16)27(21)23(31)14-6-7-14/h1-5,8-9,14,16-17,20-21,28H,6-7,10-12H2,(H,25,30)/t16-,17-,20+,21-/m0/s1. The van der Waals surface area contributed by atoms with Crippen LogP contribution in [0.15, 0.2) is 47.3 Å². The molecule has 2 aromatic rings. The third kappa shape index (κ3) is 3.35. The SMILES string of the molecule is O=C(NCc1ccc(F)cc1)[C@@H]1[C@@H](CO)[C@@H]2Cn3c(cccc3=O)[C@@H]2N1C(=O)C1CC1. The van der Waals surface area contributed by atoms with Crippen LogP contribution in [0.3, 0.4) is 0 Å². The highest BCUT2D eigenvalue weighted by molar-refractivity contribution is 5.91. The van der Waals surface area contributed by atoms with Crippen LogP contribution in [0, 0.1) is 23.6 Å². The van der Waals surface area contributed by atoms with Gasteiger partial charge in [-0.15, -0.1) is 0 Å². The Morgan fingerprint density at radius 3 is 2.55 bits per heavy atom. The number of hydrogen-bond donors (Lipinski definition) is 2. The molecule has 0 unspecified atom stereocenters. The molecule has 8 heteroatoms. The van der Waals surface area contributed by atoms with E-state index in [-0.39, 0.29) is 48.2 Å². The molecule has 31 heavy (non-hydrogen) atoms. The summed E-state index contributed by atoms with van der Waals surface area (Å²) in [7, 11) is 0. The first-order valence-electron chi connectivity index (χ1n) is 10.6. The first-order valence-corrected chi connectivity index (χ1v) is 10.6. The molecule has 2 N–H and O–H groups in total. The number of fused-ring (bicyclic) bond motifs is 3. The molecule has 1 saturated carbocycles. The summed E-state index contributed by atoms with van der Waals surface area (Å²) in [6, 6.07) is 9.62. The van der Waals surface area contributed by atoms with Crippen molar-refractivity contribution in [2.24, 2.45) is 17.8 Å². The fraction of sp³-hybridized carbons (Fsp3) is 0.435. The van der Waals surface area contributed by atoms with Gasteiger partial charge in [0.05, 0.1) is 6.04 Å². The van der Waals surface area contributed by atoms with Gasteiger partial charge in [0.2, 0.25) is 11.8 Å². The summed E-state index contributed by atoms with van der Waals surface area (Å²) in [6.07, 6.45) is 1.59. The topological polar surface area (TPSA) is 91.6 Å². The van der Waals surface area contributed by atoms with E-state index in [4.69, 9.17) is 0 Å². The van der Waals surface area contributed by atoms with E-state index in [1.807, 2.05) is 6.07 Å². The zero-order chi connectivity index (χ0) is 21.7. The molecule has 1 aliphatic carbocycles. The van der Waals surface area contributed by atoms with Gasteiger partial charge in [-0.05, 0) is 36.6 Å².